The normalized spacial score (nSPS) is 15.3. The number of thiazole rings is 1. The zero-order valence-corrected chi connectivity index (χ0v) is 12.6. The summed E-state index contributed by atoms with van der Waals surface area (Å²) in [4.78, 5) is 21.0. The number of rotatable bonds is 2. The number of aryl methyl sites for hydroxylation is 1. The van der Waals surface area contributed by atoms with Gasteiger partial charge in [0.25, 0.3) is 5.91 Å². The van der Waals surface area contributed by atoms with Gasteiger partial charge in [-0.25, -0.2) is 9.37 Å². The summed E-state index contributed by atoms with van der Waals surface area (Å²) in [5, 5.41) is 0. The van der Waals surface area contributed by atoms with Crippen molar-refractivity contribution in [1.29, 1.82) is 0 Å². The Morgan fingerprint density at radius 3 is 2.57 bits per heavy atom. The molecule has 2 heterocycles. The number of carbonyl (C=O) groups excluding carboxylic acids is 1. The molecule has 1 aliphatic heterocycles. The average Bonchev–Trinajstić information content (AvgIpc) is 2.93. The predicted octanol–water partition coefficient (Wildman–Crippen LogP) is 2.55. The number of piperazine rings is 1. The number of amides is 1. The largest absolute Gasteiger partial charge is 0.366 e. The summed E-state index contributed by atoms with van der Waals surface area (Å²) >= 11 is 1.38. The summed E-state index contributed by atoms with van der Waals surface area (Å²) in [5.74, 6) is -0.182. The third-order valence-electron chi connectivity index (χ3n) is 3.70. The van der Waals surface area contributed by atoms with Gasteiger partial charge in [0.2, 0.25) is 0 Å². The summed E-state index contributed by atoms with van der Waals surface area (Å²) in [7, 11) is 0. The third-order valence-corrected chi connectivity index (χ3v) is 4.62. The Labute approximate surface area is 126 Å². The molecule has 1 amide bonds. The maximum Gasteiger partial charge on any atom is 0.265 e. The van der Waals surface area contributed by atoms with E-state index in [0.29, 0.717) is 36.7 Å². The molecule has 6 heteroatoms. The molecule has 0 radical (unpaired) electrons. The van der Waals surface area contributed by atoms with E-state index in [0.717, 1.165) is 5.69 Å². The summed E-state index contributed by atoms with van der Waals surface area (Å²) in [6, 6.07) is 6.76. The zero-order chi connectivity index (χ0) is 14.8. The monoisotopic (exact) mass is 305 g/mol. The number of benzene rings is 1. The lowest BCUT2D eigenvalue weighted by atomic mass is 10.2. The van der Waals surface area contributed by atoms with Gasteiger partial charge in [0.05, 0.1) is 16.9 Å². The number of hydrogen-bond donors (Lipinski definition) is 0. The Kier molecular flexibility index (Phi) is 3.88. The van der Waals surface area contributed by atoms with Gasteiger partial charge in [-0.2, -0.15) is 0 Å². The highest BCUT2D eigenvalue weighted by atomic mass is 32.1. The molecule has 2 aromatic rings. The minimum absolute atomic E-state index is 0.0307. The SMILES string of the molecule is Cc1ncsc1C(=O)N1CCN(c2ccccc2F)CC1. The highest BCUT2D eigenvalue weighted by Gasteiger charge is 2.25. The molecule has 0 aliphatic carbocycles. The first kappa shape index (κ1) is 14.0. The summed E-state index contributed by atoms with van der Waals surface area (Å²) < 4.78 is 13.8. The molecule has 110 valence electrons. The van der Waals surface area contributed by atoms with Crippen LogP contribution in [0.4, 0.5) is 10.1 Å². The fourth-order valence-electron chi connectivity index (χ4n) is 2.51. The van der Waals surface area contributed by atoms with Crippen LogP contribution >= 0.6 is 11.3 Å². The van der Waals surface area contributed by atoms with Gasteiger partial charge in [-0.15, -0.1) is 11.3 Å². The molecule has 3 rings (SSSR count). The second kappa shape index (κ2) is 5.81. The van der Waals surface area contributed by atoms with Gasteiger partial charge in [0.15, 0.2) is 0 Å². The molecule has 0 N–H and O–H groups in total. The van der Waals surface area contributed by atoms with Crippen molar-refractivity contribution in [2.24, 2.45) is 0 Å². The first-order chi connectivity index (χ1) is 10.2. The van der Waals surface area contributed by atoms with Crippen molar-refractivity contribution in [1.82, 2.24) is 9.88 Å². The summed E-state index contributed by atoms with van der Waals surface area (Å²) in [5.41, 5.74) is 3.08. The average molecular weight is 305 g/mol. The van der Waals surface area contributed by atoms with Crippen LogP contribution in [0.3, 0.4) is 0 Å². The van der Waals surface area contributed by atoms with Crippen LogP contribution in [0.2, 0.25) is 0 Å². The smallest absolute Gasteiger partial charge is 0.265 e. The molecule has 1 aromatic heterocycles. The zero-order valence-electron chi connectivity index (χ0n) is 11.8. The molecule has 21 heavy (non-hydrogen) atoms. The fourth-order valence-corrected chi connectivity index (χ4v) is 3.28. The van der Waals surface area contributed by atoms with Gasteiger partial charge in [0.1, 0.15) is 10.7 Å². The third kappa shape index (κ3) is 2.76. The molecule has 4 nitrogen and oxygen atoms in total. The van der Waals surface area contributed by atoms with Crippen LogP contribution in [0.25, 0.3) is 0 Å². The molecule has 1 aromatic carbocycles. The molecule has 0 atom stereocenters. The highest BCUT2D eigenvalue weighted by molar-refractivity contribution is 7.11. The summed E-state index contributed by atoms with van der Waals surface area (Å²) in [6.07, 6.45) is 0. The fraction of sp³-hybridized carbons (Fsp3) is 0.333. The van der Waals surface area contributed by atoms with Gasteiger partial charge in [-0.1, -0.05) is 12.1 Å². The maximum atomic E-state index is 13.8. The Balaban J connectivity index is 1.67. The van der Waals surface area contributed by atoms with Crippen molar-refractivity contribution in [3.05, 3.63) is 46.2 Å². The molecule has 1 aliphatic rings. The first-order valence-electron chi connectivity index (χ1n) is 6.85. The molecular formula is C15H16FN3OS. The van der Waals surface area contributed by atoms with Gasteiger partial charge in [0, 0.05) is 26.2 Å². The van der Waals surface area contributed by atoms with E-state index in [1.165, 1.54) is 17.4 Å². The Morgan fingerprint density at radius 1 is 1.24 bits per heavy atom. The molecule has 0 unspecified atom stereocenters. The van der Waals surface area contributed by atoms with Crippen molar-refractivity contribution >= 4 is 22.9 Å². The highest BCUT2D eigenvalue weighted by Crippen LogP contribution is 2.22. The maximum absolute atomic E-state index is 13.8. The van der Waals surface area contributed by atoms with Crippen LogP contribution in [0.5, 0.6) is 0 Å². The Hall–Kier alpha value is -1.95. The molecule has 0 bridgehead atoms. The van der Waals surface area contributed by atoms with E-state index >= 15 is 0 Å². The van der Waals surface area contributed by atoms with Crippen molar-refractivity contribution < 1.29 is 9.18 Å². The second-order valence-electron chi connectivity index (χ2n) is 5.00. The lowest BCUT2D eigenvalue weighted by molar-refractivity contribution is 0.0750. The van der Waals surface area contributed by atoms with Crippen molar-refractivity contribution in [2.45, 2.75) is 6.92 Å². The van der Waals surface area contributed by atoms with Crippen LogP contribution in [-0.4, -0.2) is 42.0 Å². The number of aromatic nitrogens is 1. The Morgan fingerprint density at radius 2 is 1.95 bits per heavy atom. The van der Waals surface area contributed by atoms with Crippen LogP contribution in [0.15, 0.2) is 29.8 Å². The lowest BCUT2D eigenvalue weighted by Crippen LogP contribution is -2.49. The first-order valence-corrected chi connectivity index (χ1v) is 7.73. The van der Waals surface area contributed by atoms with Crippen LogP contribution in [0, 0.1) is 12.7 Å². The number of halogens is 1. The van der Waals surface area contributed by atoms with Crippen molar-refractivity contribution in [2.75, 3.05) is 31.1 Å². The molecule has 0 saturated carbocycles. The number of para-hydroxylation sites is 1. The van der Waals surface area contributed by atoms with E-state index in [-0.39, 0.29) is 11.7 Å². The topological polar surface area (TPSA) is 36.4 Å². The van der Waals surface area contributed by atoms with E-state index in [1.54, 1.807) is 17.6 Å². The van der Waals surface area contributed by atoms with Gasteiger partial charge in [-0.05, 0) is 19.1 Å². The van der Waals surface area contributed by atoms with Gasteiger partial charge < -0.3 is 9.80 Å². The number of nitrogens with zero attached hydrogens (tertiary/aromatic N) is 3. The number of hydrogen-bond acceptors (Lipinski definition) is 4. The number of carbonyl (C=O) groups is 1. The number of anilines is 1. The lowest BCUT2D eigenvalue weighted by Gasteiger charge is -2.36. The Bertz CT molecular complexity index is 650. The summed E-state index contributed by atoms with van der Waals surface area (Å²) in [6.45, 7) is 4.34. The van der Waals surface area contributed by atoms with Crippen molar-refractivity contribution in [3.8, 4) is 0 Å². The standard InChI is InChI=1S/C15H16FN3OS/c1-11-14(21-10-17-11)15(20)19-8-6-18(7-9-19)13-5-3-2-4-12(13)16/h2-5,10H,6-9H2,1H3. The minimum Gasteiger partial charge on any atom is -0.366 e. The van der Waals surface area contributed by atoms with E-state index < -0.39 is 0 Å². The van der Waals surface area contributed by atoms with Crippen molar-refractivity contribution in [3.63, 3.8) is 0 Å². The van der Waals surface area contributed by atoms with E-state index in [4.69, 9.17) is 0 Å². The quantitative estimate of drug-likeness (QED) is 0.855. The van der Waals surface area contributed by atoms with E-state index in [1.807, 2.05) is 22.8 Å². The minimum atomic E-state index is -0.212. The van der Waals surface area contributed by atoms with Crippen LogP contribution in [0.1, 0.15) is 15.4 Å². The van der Waals surface area contributed by atoms with Gasteiger partial charge >= 0.3 is 0 Å². The van der Waals surface area contributed by atoms with E-state index in [9.17, 15) is 9.18 Å². The molecular weight excluding hydrogens is 289 g/mol. The molecule has 1 saturated heterocycles. The molecule has 1 fully saturated rings. The van der Waals surface area contributed by atoms with Gasteiger partial charge in [-0.3, -0.25) is 4.79 Å². The predicted molar refractivity (Wildman–Crippen MR) is 81.4 cm³/mol. The van der Waals surface area contributed by atoms with E-state index in [2.05, 4.69) is 4.98 Å². The molecule has 0 spiro atoms. The van der Waals surface area contributed by atoms with Crippen LogP contribution in [-0.2, 0) is 0 Å². The second-order valence-corrected chi connectivity index (χ2v) is 5.85. The van der Waals surface area contributed by atoms with Crippen LogP contribution < -0.4 is 4.90 Å².